The van der Waals surface area contributed by atoms with Gasteiger partial charge in [0.25, 0.3) is 0 Å². The van der Waals surface area contributed by atoms with Crippen LogP contribution < -0.4 is 9.47 Å². The fourth-order valence-corrected chi connectivity index (χ4v) is 4.62. The summed E-state index contributed by atoms with van der Waals surface area (Å²) < 4.78 is 22.6. The molecule has 1 saturated heterocycles. The highest BCUT2D eigenvalue weighted by atomic mass is 16.7. The van der Waals surface area contributed by atoms with E-state index in [-0.39, 0.29) is 12.3 Å². The van der Waals surface area contributed by atoms with Crippen molar-refractivity contribution in [2.45, 2.75) is 44.6 Å². The van der Waals surface area contributed by atoms with Crippen molar-refractivity contribution in [1.29, 1.82) is 0 Å². The summed E-state index contributed by atoms with van der Waals surface area (Å²) in [6.07, 6.45) is 2.77. The second-order valence-electron chi connectivity index (χ2n) is 7.74. The number of ether oxygens (including phenoxy) is 4. The van der Waals surface area contributed by atoms with Crippen LogP contribution in [0.1, 0.15) is 48.5 Å². The van der Waals surface area contributed by atoms with Crippen molar-refractivity contribution in [3.63, 3.8) is 0 Å². The molecule has 0 N–H and O–H groups in total. The van der Waals surface area contributed by atoms with E-state index in [1.807, 2.05) is 0 Å². The summed E-state index contributed by atoms with van der Waals surface area (Å²) in [5.41, 5.74) is 4.02. The summed E-state index contributed by atoms with van der Waals surface area (Å²) in [6.45, 7) is 4.70. The van der Waals surface area contributed by atoms with Gasteiger partial charge in [0.15, 0.2) is 17.8 Å². The Morgan fingerprint density at radius 2 is 1.69 bits per heavy atom. The molecule has 2 atom stereocenters. The molecule has 0 bridgehead atoms. The highest BCUT2D eigenvalue weighted by Gasteiger charge is 2.33. The highest BCUT2D eigenvalue weighted by Crippen LogP contribution is 2.43. The maximum atomic E-state index is 5.71. The Kier molecular flexibility index (Phi) is 6.38. The Hall–Kier alpha value is -2.08. The lowest BCUT2D eigenvalue weighted by molar-refractivity contribution is -0.0533. The lowest BCUT2D eigenvalue weighted by Crippen LogP contribution is -2.38. The number of benzene rings is 2. The van der Waals surface area contributed by atoms with Gasteiger partial charge in [0.1, 0.15) is 0 Å². The molecule has 0 unspecified atom stereocenters. The van der Waals surface area contributed by atoms with Crippen molar-refractivity contribution in [1.82, 2.24) is 4.90 Å². The molecule has 0 amide bonds. The third-order valence-corrected chi connectivity index (χ3v) is 6.19. The van der Waals surface area contributed by atoms with Crippen molar-refractivity contribution in [3.8, 4) is 11.5 Å². The average molecular weight is 398 g/mol. The third-order valence-electron chi connectivity index (χ3n) is 6.19. The Balaban J connectivity index is 1.66. The quantitative estimate of drug-likeness (QED) is 0.687. The van der Waals surface area contributed by atoms with Crippen LogP contribution in [-0.4, -0.2) is 45.2 Å². The summed E-state index contributed by atoms with van der Waals surface area (Å²) in [5, 5.41) is 0. The van der Waals surface area contributed by atoms with E-state index in [1.54, 1.807) is 14.2 Å². The molecule has 0 aromatic heterocycles. The number of nitrogens with zero attached hydrogens (tertiary/aromatic N) is 1. The van der Waals surface area contributed by atoms with Crippen LogP contribution in [0.3, 0.4) is 0 Å². The average Bonchev–Trinajstić information content (AvgIpc) is 3.30. The van der Waals surface area contributed by atoms with Gasteiger partial charge in [0, 0.05) is 25.0 Å². The molecule has 29 heavy (non-hydrogen) atoms. The number of rotatable bonds is 7. The van der Waals surface area contributed by atoms with Crippen LogP contribution in [0.5, 0.6) is 11.5 Å². The van der Waals surface area contributed by atoms with Crippen LogP contribution in [-0.2, 0) is 15.9 Å². The predicted octanol–water partition coefficient (Wildman–Crippen LogP) is 4.52. The van der Waals surface area contributed by atoms with E-state index in [2.05, 4.69) is 54.3 Å². The van der Waals surface area contributed by atoms with E-state index >= 15 is 0 Å². The van der Waals surface area contributed by atoms with Crippen molar-refractivity contribution in [3.05, 3.63) is 59.2 Å². The molecule has 2 aliphatic heterocycles. The lowest BCUT2D eigenvalue weighted by atomic mass is 9.87. The maximum Gasteiger partial charge on any atom is 0.161 e. The smallest absolute Gasteiger partial charge is 0.161 e. The molecule has 4 rings (SSSR count). The standard InChI is InChI=1S/C24H31NO4/c1-17(18-7-5-4-6-8-18)25-12-11-19-15-22(26-2)23(27-3)16-20(19)21(25)9-10-24-28-13-14-29-24/h4-8,15-17,21,24H,9-14H2,1-3H3/t17-,21-/m0/s1. The first-order chi connectivity index (χ1) is 14.2. The van der Waals surface area contributed by atoms with E-state index < -0.39 is 0 Å². The second kappa shape index (κ2) is 9.16. The van der Waals surface area contributed by atoms with Crippen LogP contribution in [0.15, 0.2) is 42.5 Å². The largest absolute Gasteiger partial charge is 0.493 e. The zero-order chi connectivity index (χ0) is 20.2. The van der Waals surface area contributed by atoms with Gasteiger partial charge in [-0.1, -0.05) is 30.3 Å². The van der Waals surface area contributed by atoms with Crippen molar-refractivity contribution in [2.75, 3.05) is 34.0 Å². The Bertz CT molecular complexity index is 804. The van der Waals surface area contributed by atoms with Crippen molar-refractivity contribution >= 4 is 0 Å². The monoisotopic (exact) mass is 397 g/mol. The van der Waals surface area contributed by atoms with E-state index in [1.165, 1.54) is 16.7 Å². The molecule has 0 saturated carbocycles. The second-order valence-corrected chi connectivity index (χ2v) is 7.74. The van der Waals surface area contributed by atoms with E-state index in [0.717, 1.165) is 37.3 Å². The summed E-state index contributed by atoms with van der Waals surface area (Å²) >= 11 is 0. The van der Waals surface area contributed by atoms with Gasteiger partial charge in [-0.05, 0) is 48.6 Å². The Labute approximate surface area is 173 Å². The SMILES string of the molecule is COc1cc2c(cc1OC)[C@H](CCC1OCCO1)N([C@@H](C)c1ccccc1)CC2. The molecular formula is C24H31NO4. The van der Waals surface area contributed by atoms with Crippen molar-refractivity contribution < 1.29 is 18.9 Å². The summed E-state index contributed by atoms with van der Waals surface area (Å²) in [4.78, 5) is 2.61. The topological polar surface area (TPSA) is 40.2 Å². The number of hydrogen-bond acceptors (Lipinski definition) is 5. The molecule has 0 radical (unpaired) electrons. The molecule has 156 valence electrons. The van der Waals surface area contributed by atoms with Gasteiger partial charge in [-0.15, -0.1) is 0 Å². The van der Waals surface area contributed by atoms with Gasteiger partial charge in [-0.25, -0.2) is 0 Å². The van der Waals surface area contributed by atoms with E-state index in [9.17, 15) is 0 Å². The summed E-state index contributed by atoms with van der Waals surface area (Å²) in [5.74, 6) is 1.59. The minimum absolute atomic E-state index is 0.0885. The first-order valence-corrected chi connectivity index (χ1v) is 10.5. The molecule has 0 spiro atoms. The molecule has 2 aliphatic rings. The first-order valence-electron chi connectivity index (χ1n) is 10.5. The van der Waals surface area contributed by atoms with Gasteiger partial charge in [-0.3, -0.25) is 4.90 Å². The minimum atomic E-state index is -0.0885. The minimum Gasteiger partial charge on any atom is -0.493 e. The van der Waals surface area contributed by atoms with Gasteiger partial charge < -0.3 is 18.9 Å². The van der Waals surface area contributed by atoms with Gasteiger partial charge >= 0.3 is 0 Å². The Morgan fingerprint density at radius 1 is 1.00 bits per heavy atom. The fraction of sp³-hybridized carbons (Fsp3) is 0.500. The highest BCUT2D eigenvalue weighted by molar-refractivity contribution is 5.49. The van der Waals surface area contributed by atoms with Crippen LogP contribution in [0.2, 0.25) is 0 Å². The zero-order valence-electron chi connectivity index (χ0n) is 17.6. The first kappa shape index (κ1) is 20.2. The van der Waals surface area contributed by atoms with E-state index in [0.29, 0.717) is 19.3 Å². The molecule has 2 aromatic rings. The molecule has 0 aliphatic carbocycles. The molecule has 5 heteroatoms. The normalized spacial score (nSPS) is 21.0. The summed E-state index contributed by atoms with van der Waals surface area (Å²) in [6, 6.07) is 15.7. The van der Waals surface area contributed by atoms with Gasteiger partial charge in [0.05, 0.1) is 27.4 Å². The van der Waals surface area contributed by atoms with Crippen molar-refractivity contribution in [2.24, 2.45) is 0 Å². The third kappa shape index (κ3) is 4.27. The molecule has 1 fully saturated rings. The zero-order valence-corrected chi connectivity index (χ0v) is 17.6. The number of hydrogen-bond donors (Lipinski definition) is 0. The number of methoxy groups -OCH3 is 2. The van der Waals surface area contributed by atoms with Crippen LogP contribution >= 0.6 is 0 Å². The van der Waals surface area contributed by atoms with E-state index in [4.69, 9.17) is 18.9 Å². The lowest BCUT2D eigenvalue weighted by Gasteiger charge is -2.42. The fourth-order valence-electron chi connectivity index (χ4n) is 4.62. The molecule has 5 nitrogen and oxygen atoms in total. The predicted molar refractivity (Wildman–Crippen MR) is 112 cm³/mol. The molecule has 2 aromatic carbocycles. The van der Waals surface area contributed by atoms with Crippen LogP contribution in [0.4, 0.5) is 0 Å². The molecule has 2 heterocycles. The van der Waals surface area contributed by atoms with Crippen LogP contribution in [0.25, 0.3) is 0 Å². The summed E-state index contributed by atoms with van der Waals surface area (Å²) in [7, 11) is 3.40. The molecular weight excluding hydrogens is 366 g/mol. The number of fused-ring (bicyclic) bond motifs is 1. The van der Waals surface area contributed by atoms with Gasteiger partial charge in [-0.2, -0.15) is 0 Å². The van der Waals surface area contributed by atoms with Gasteiger partial charge in [0.2, 0.25) is 0 Å². The Morgan fingerprint density at radius 3 is 2.38 bits per heavy atom. The van der Waals surface area contributed by atoms with Crippen LogP contribution in [0, 0.1) is 0 Å². The maximum absolute atomic E-state index is 5.71.